The second-order valence-electron chi connectivity index (χ2n) is 7.37. The summed E-state index contributed by atoms with van der Waals surface area (Å²) >= 11 is 0. The molecule has 1 heterocycles. The van der Waals surface area contributed by atoms with Crippen LogP contribution < -0.4 is 10.6 Å². The van der Waals surface area contributed by atoms with E-state index in [-0.39, 0.29) is 6.10 Å². The van der Waals surface area contributed by atoms with Crippen LogP contribution in [0.4, 0.5) is 0 Å². The maximum Gasteiger partial charge on any atom is 0.190 e. The minimum absolute atomic E-state index is 0.119. The van der Waals surface area contributed by atoms with Crippen LogP contribution in [0.3, 0.4) is 0 Å². The summed E-state index contributed by atoms with van der Waals surface area (Å²) in [7, 11) is 1.80. The number of benzene rings is 1. The molecule has 0 aliphatic heterocycles. The van der Waals surface area contributed by atoms with E-state index in [0.29, 0.717) is 12.5 Å². The van der Waals surface area contributed by atoms with Gasteiger partial charge in [0.1, 0.15) is 0 Å². The normalized spacial score (nSPS) is 14.0. The van der Waals surface area contributed by atoms with Crippen molar-refractivity contribution in [2.75, 3.05) is 26.7 Å². The fourth-order valence-corrected chi connectivity index (χ4v) is 3.07. The van der Waals surface area contributed by atoms with E-state index in [4.69, 9.17) is 4.74 Å². The second kappa shape index (κ2) is 11.5. The Balaban J connectivity index is 1.61. The van der Waals surface area contributed by atoms with Crippen LogP contribution in [-0.2, 0) is 11.3 Å². The van der Waals surface area contributed by atoms with Crippen molar-refractivity contribution < 1.29 is 4.74 Å². The van der Waals surface area contributed by atoms with E-state index in [1.165, 1.54) is 11.3 Å². The van der Waals surface area contributed by atoms with Gasteiger partial charge in [-0.3, -0.25) is 9.67 Å². The SMILES string of the molecule is CN=C(NCCCOC(C)c1ccccc1)NCC(C)Cn1nc(C)cc1C. The molecule has 0 bridgehead atoms. The topological polar surface area (TPSA) is 63.5 Å². The predicted molar refractivity (Wildman–Crippen MR) is 116 cm³/mol. The Morgan fingerprint density at radius 3 is 2.57 bits per heavy atom. The molecule has 2 atom stereocenters. The number of nitrogens with zero attached hydrogens (tertiary/aromatic N) is 3. The highest BCUT2D eigenvalue weighted by molar-refractivity contribution is 5.79. The highest BCUT2D eigenvalue weighted by atomic mass is 16.5. The van der Waals surface area contributed by atoms with Crippen molar-refractivity contribution in [3.8, 4) is 0 Å². The molecular formula is C22H35N5O. The molecule has 6 heteroatoms. The van der Waals surface area contributed by atoms with Gasteiger partial charge in [-0.2, -0.15) is 5.10 Å². The average Bonchev–Trinajstić information content (AvgIpc) is 3.01. The van der Waals surface area contributed by atoms with Crippen LogP contribution in [0.1, 0.15) is 43.3 Å². The van der Waals surface area contributed by atoms with Crippen LogP contribution in [0.5, 0.6) is 0 Å². The van der Waals surface area contributed by atoms with Crippen molar-refractivity contribution in [1.82, 2.24) is 20.4 Å². The lowest BCUT2D eigenvalue weighted by Gasteiger charge is -2.17. The molecule has 0 spiro atoms. The third-order valence-electron chi connectivity index (χ3n) is 4.68. The quantitative estimate of drug-likeness (QED) is 0.373. The molecule has 0 radical (unpaired) electrons. The molecular weight excluding hydrogens is 350 g/mol. The smallest absolute Gasteiger partial charge is 0.190 e. The first-order chi connectivity index (χ1) is 13.5. The number of aromatic nitrogens is 2. The molecule has 0 aliphatic rings. The Kier molecular flexibility index (Phi) is 9.01. The summed E-state index contributed by atoms with van der Waals surface area (Å²) in [6.45, 7) is 11.7. The molecule has 2 unspecified atom stereocenters. The summed E-state index contributed by atoms with van der Waals surface area (Å²) in [4.78, 5) is 4.30. The van der Waals surface area contributed by atoms with Crippen LogP contribution in [0.25, 0.3) is 0 Å². The van der Waals surface area contributed by atoms with Gasteiger partial charge in [0, 0.05) is 39.0 Å². The maximum atomic E-state index is 5.91. The summed E-state index contributed by atoms with van der Waals surface area (Å²) < 4.78 is 7.98. The van der Waals surface area contributed by atoms with Gasteiger partial charge in [0.2, 0.25) is 0 Å². The van der Waals surface area contributed by atoms with Gasteiger partial charge in [0.25, 0.3) is 0 Å². The lowest BCUT2D eigenvalue weighted by atomic mass is 10.1. The van der Waals surface area contributed by atoms with Gasteiger partial charge in [-0.15, -0.1) is 0 Å². The van der Waals surface area contributed by atoms with Crippen molar-refractivity contribution in [1.29, 1.82) is 0 Å². The summed E-state index contributed by atoms with van der Waals surface area (Å²) in [5, 5.41) is 11.3. The summed E-state index contributed by atoms with van der Waals surface area (Å²) in [5.41, 5.74) is 3.49. The summed E-state index contributed by atoms with van der Waals surface area (Å²) in [6, 6.07) is 12.4. The van der Waals surface area contributed by atoms with Gasteiger partial charge < -0.3 is 15.4 Å². The Hall–Kier alpha value is -2.34. The number of nitrogens with one attached hydrogen (secondary N) is 2. The van der Waals surface area contributed by atoms with E-state index in [9.17, 15) is 0 Å². The van der Waals surface area contributed by atoms with E-state index in [2.05, 4.69) is 64.4 Å². The van der Waals surface area contributed by atoms with Crippen LogP contribution in [0.15, 0.2) is 41.4 Å². The van der Waals surface area contributed by atoms with Crippen molar-refractivity contribution in [2.45, 2.75) is 46.8 Å². The minimum atomic E-state index is 0.119. The third kappa shape index (κ3) is 7.35. The molecule has 0 saturated carbocycles. The van der Waals surface area contributed by atoms with Crippen LogP contribution in [0, 0.1) is 19.8 Å². The van der Waals surface area contributed by atoms with Gasteiger partial charge >= 0.3 is 0 Å². The number of ether oxygens (including phenoxy) is 1. The first kappa shape index (κ1) is 22.0. The standard InChI is InChI=1S/C22H35N5O/c1-17(16-27-19(3)14-18(2)26-27)15-25-22(23-5)24-12-9-13-28-20(4)21-10-7-6-8-11-21/h6-8,10-11,14,17,20H,9,12-13,15-16H2,1-5H3,(H2,23,24,25). The zero-order chi connectivity index (χ0) is 20.4. The molecule has 6 nitrogen and oxygen atoms in total. The molecule has 2 rings (SSSR count). The van der Waals surface area contributed by atoms with Gasteiger partial charge in [0.05, 0.1) is 11.8 Å². The molecule has 2 N–H and O–H groups in total. The zero-order valence-electron chi connectivity index (χ0n) is 17.9. The molecule has 0 saturated heterocycles. The molecule has 154 valence electrons. The zero-order valence-corrected chi connectivity index (χ0v) is 17.9. The fraction of sp³-hybridized carbons (Fsp3) is 0.545. The minimum Gasteiger partial charge on any atom is -0.374 e. The van der Waals surface area contributed by atoms with E-state index >= 15 is 0 Å². The maximum absolute atomic E-state index is 5.91. The van der Waals surface area contributed by atoms with Gasteiger partial charge in [0.15, 0.2) is 5.96 Å². The fourth-order valence-electron chi connectivity index (χ4n) is 3.07. The van der Waals surface area contributed by atoms with Gasteiger partial charge in [-0.1, -0.05) is 37.3 Å². The number of aryl methyl sites for hydroxylation is 2. The number of rotatable bonds is 10. The third-order valence-corrected chi connectivity index (χ3v) is 4.68. The van der Waals surface area contributed by atoms with Gasteiger partial charge in [-0.25, -0.2) is 0 Å². The van der Waals surface area contributed by atoms with E-state index in [1.54, 1.807) is 7.05 Å². The highest BCUT2D eigenvalue weighted by Gasteiger charge is 2.08. The lowest BCUT2D eigenvalue weighted by Crippen LogP contribution is -2.40. The van der Waals surface area contributed by atoms with Crippen LogP contribution >= 0.6 is 0 Å². The highest BCUT2D eigenvalue weighted by Crippen LogP contribution is 2.15. The number of aliphatic imine (C=N–C) groups is 1. The van der Waals surface area contributed by atoms with Crippen LogP contribution in [0.2, 0.25) is 0 Å². The van der Waals surface area contributed by atoms with Crippen molar-refractivity contribution in [3.05, 3.63) is 53.3 Å². The molecule has 28 heavy (non-hydrogen) atoms. The molecule has 1 aromatic carbocycles. The Bertz CT molecular complexity index is 726. The lowest BCUT2D eigenvalue weighted by molar-refractivity contribution is 0.0646. The molecule has 0 amide bonds. The molecule has 1 aromatic heterocycles. The van der Waals surface area contributed by atoms with E-state index < -0.39 is 0 Å². The van der Waals surface area contributed by atoms with Crippen molar-refractivity contribution >= 4 is 5.96 Å². The first-order valence-electron chi connectivity index (χ1n) is 10.1. The second-order valence-corrected chi connectivity index (χ2v) is 7.37. The molecule has 0 aliphatic carbocycles. The first-order valence-corrected chi connectivity index (χ1v) is 10.1. The van der Waals surface area contributed by atoms with Crippen molar-refractivity contribution in [3.63, 3.8) is 0 Å². The van der Waals surface area contributed by atoms with Gasteiger partial charge in [-0.05, 0) is 44.7 Å². The monoisotopic (exact) mass is 385 g/mol. The van der Waals surface area contributed by atoms with Crippen molar-refractivity contribution in [2.24, 2.45) is 10.9 Å². The summed E-state index contributed by atoms with van der Waals surface area (Å²) in [6.07, 6.45) is 1.05. The molecule has 2 aromatic rings. The average molecular weight is 386 g/mol. The Labute approximate surface area is 169 Å². The Morgan fingerprint density at radius 1 is 1.18 bits per heavy atom. The number of hydrogen-bond acceptors (Lipinski definition) is 3. The van der Waals surface area contributed by atoms with E-state index in [0.717, 1.165) is 37.7 Å². The predicted octanol–water partition coefficient (Wildman–Crippen LogP) is 3.47. The van der Waals surface area contributed by atoms with Crippen LogP contribution in [-0.4, -0.2) is 42.5 Å². The Morgan fingerprint density at radius 2 is 1.93 bits per heavy atom. The largest absolute Gasteiger partial charge is 0.374 e. The number of hydrogen-bond donors (Lipinski definition) is 2. The molecule has 0 fully saturated rings. The number of guanidine groups is 1. The summed E-state index contributed by atoms with van der Waals surface area (Å²) in [5.74, 6) is 1.28. The van der Waals surface area contributed by atoms with E-state index in [1.807, 2.05) is 25.1 Å².